The van der Waals surface area contributed by atoms with Gasteiger partial charge in [0.15, 0.2) is 0 Å². The molecule has 5 nitrogen and oxygen atoms in total. The fourth-order valence-corrected chi connectivity index (χ4v) is 3.51. The molecule has 110 valence electrons. The van der Waals surface area contributed by atoms with E-state index in [-0.39, 0.29) is 17.7 Å². The van der Waals surface area contributed by atoms with Gasteiger partial charge >= 0.3 is 5.97 Å². The predicted octanol–water partition coefficient (Wildman–Crippen LogP) is 1.26. The highest BCUT2D eigenvalue weighted by Gasteiger charge is 2.51. The first-order chi connectivity index (χ1) is 10.2. The van der Waals surface area contributed by atoms with Crippen molar-refractivity contribution in [1.82, 2.24) is 10.3 Å². The summed E-state index contributed by atoms with van der Waals surface area (Å²) in [5.74, 6) is -1.88. The number of allylic oxidation sites excluding steroid dienone is 2. The molecule has 2 N–H and O–H groups in total. The van der Waals surface area contributed by atoms with E-state index >= 15 is 0 Å². The predicted molar refractivity (Wildman–Crippen MR) is 76.3 cm³/mol. The van der Waals surface area contributed by atoms with Crippen molar-refractivity contribution in [2.24, 2.45) is 23.7 Å². The van der Waals surface area contributed by atoms with Crippen LogP contribution in [0.1, 0.15) is 12.0 Å². The molecule has 0 saturated heterocycles. The number of pyridine rings is 1. The number of carbonyl (C=O) groups is 2. The Balaban J connectivity index is 1.58. The molecule has 21 heavy (non-hydrogen) atoms. The summed E-state index contributed by atoms with van der Waals surface area (Å²) in [4.78, 5) is 27.6. The van der Waals surface area contributed by atoms with Crippen LogP contribution in [0.3, 0.4) is 0 Å². The lowest BCUT2D eigenvalue weighted by atomic mass is 9.82. The Morgan fingerprint density at radius 1 is 1.19 bits per heavy atom. The lowest BCUT2D eigenvalue weighted by Crippen LogP contribution is -2.40. The van der Waals surface area contributed by atoms with E-state index in [1.54, 1.807) is 12.4 Å². The minimum absolute atomic E-state index is 0.0171. The molecule has 4 atom stereocenters. The van der Waals surface area contributed by atoms with Crippen LogP contribution in [0.5, 0.6) is 0 Å². The monoisotopic (exact) mass is 286 g/mol. The van der Waals surface area contributed by atoms with Gasteiger partial charge < -0.3 is 10.4 Å². The second-order valence-corrected chi connectivity index (χ2v) is 5.73. The normalized spacial score (nSPS) is 29.5. The number of carboxylic acids is 1. The van der Waals surface area contributed by atoms with Crippen molar-refractivity contribution in [2.45, 2.75) is 12.8 Å². The summed E-state index contributed by atoms with van der Waals surface area (Å²) < 4.78 is 0. The van der Waals surface area contributed by atoms with Gasteiger partial charge in [-0.25, -0.2) is 0 Å². The molecule has 0 aliphatic heterocycles. The molecule has 1 aromatic rings. The molecule has 2 bridgehead atoms. The first-order valence-corrected chi connectivity index (χ1v) is 7.24. The van der Waals surface area contributed by atoms with Crippen LogP contribution in [-0.2, 0) is 16.0 Å². The van der Waals surface area contributed by atoms with E-state index in [1.165, 1.54) is 0 Å². The number of carboxylic acid groups (broad SMARTS) is 1. The smallest absolute Gasteiger partial charge is 0.307 e. The molecule has 0 spiro atoms. The molecule has 2 aliphatic rings. The zero-order valence-electron chi connectivity index (χ0n) is 11.6. The van der Waals surface area contributed by atoms with E-state index in [2.05, 4.69) is 10.3 Å². The largest absolute Gasteiger partial charge is 0.481 e. The van der Waals surface area contributed by atoms with E-state index in [9.17, 15) is 14.7 Å². The Labute approximate surface area is 123 Å². The third-order valence-corrected chi connectivity index (χ3v) is 4.51. The summed E-state index contributed by atoms with van der Waals surface area (Å²) in [5, 5.41) is 12.2. The Morgan fingerprint density at radius 2 is 1.86 bits per heavy atom. The molecule has 0 unspecified atom stereocenters. The fourth-order valence-electron chi connectivity index (χ4n) is 3.51. The van der Waals surface area contributed by atoms with E-state index in [1.807, 2.05) is 24.3 Å². The summed E-state index contributed by atoms with van der Waals surface area (Å²) in [6.07, 6.45) is 8.90. The van der Waals surface area contributed by atoms with Gasteiger partial charge in [-0.3, -0.25) is 14.6 Å². The summed E-state index contributed by atoms with van der Waals surface area (Å²) >= 11 is 0. The number of nitrogens with one attached hydrogen (secondary N) is 1. The molecule has 1 saturated carbocycles. The van der Waals surface area contributed by atoms with Gasteiger partial charge in [0.1, 0.15) is 0 Å². The van der Waals surface area contributed by atoms with Crippen LogP contribution in [0.25, 0.3) is 0 Å². The molecular formula is C16H18N2O3. The van der Waals surface area contributed by atoms with Gasteiger partial charge in [0.05, 0.1) is 11.8 Å². The lowest BCUT2D eigenvalue weighted by molar-refractivity contribution is -0.147. The third-order valence-electron chi connectivity index (χ3n) is 4.51. The topological polar surface area (TPSA) is 79.3 Å². The van der Waals surface area contributed by atoms with Crippen LogP contribution in [0.15, 0.2) is 36.7 Å². The molecule has 5 heteroatoms. The number of rotatable bonds is 5. The van der Waals surface area contributed by atoms with Gasteiger partial charge in [0.2, 0.25) is 5.91 Å². The standard InChI is InChI=1S/C16H18N2O3/c19-15(18-8-5-10-3-6-17-7-4-10)13-11-1-2-12(9-11)14(13)16(20)21/h1-4,6-7,11-14H,5,8-9H2,(H,18,19)(H,20,21)/t11-,12+,13+,14-/m0/s1. The van der Waals surface area contributed by atoms with E-state index in [0.29, 0.717) is 6.54 Å². The molecule has 2 aliphatic carbocycles. The number of fused-ring (bicyclic) bond motifs is 2. The molecule has 1 amide bonds. The Bertz CT molecular complexity index is 570. The van der Waals surface area contributed by atoms with Crippen molar-refractivity contribution in [3.63, 3.8) is 0 Å². The van der Waals surface area contributed by atoms with Gasteiger partial charge in [-0.2, -0.15) is 0 Å². The van der Waals surface area contributed by atoms with Crippen molar-refractivity contribution in [2.75, 3.05) is 6.54 Å². The highest BCUT2D eigenvalue weighted by molar-refractivity contribution is 5.86. The van der Waals surface area contributed by atoms with Gasteiger partial charge in [-0.1, -0.05) is 12.2 Å². The van der Waals surface area contributed by atoms with Crippen LogP contribution >= 0.6 is 0 Å². The summed E-state index contributed by atoms with van der Waals surface area (Å²) in [7, 11) is 0. The first-order valence-electron chi connectivity index (χ1n) is 7.24. The van der Waals surface area contributed by atoms with Crippen LogP contribution in [-0.4, -0.2) is 28.5 Å². The number of amides is 1. The summed E-state index contributed by atoms with van der Waals surface area (Å²) in [5.41, 5.74) is 1.10. The minimum atomic E-state index is -0.860. The Hall–Kier alpha value is -2.17. The van der Waals surface area contributed by atoms with Crippen LogP contribution < -0.4 is 5.32 Å². The number of carbonyl (C=O) groups excluding carboxylic acids is 1. The highest BCUT2D eigenvalue weighted by atomic mass is 16.4. The van der Waals surface area contributed by atoms with Crippen molar-refractivity contribution >= 4 is 11.9 Å². The van der Waals surface area contributed by atoms with E-state index < -0.39 is 17.8 Å². The quantitative estimate of drug-likeness (QED) is 0.799. The number of hydrogen-bond donors (Lipinski definition) is 2. The zero-order valence-corrected chi connectivity index (χ0v) is 11.6. The maximum Gasteiger partial charge on any atom is 0.307 e. The lowest BCUT2D eigenvalue weighted by Gasteiger charge is -2.23. The maximum absolute atomic E-state index is 12.3. The first kappa shape index (κ1) is 13.8. The van der Waals surface area contributed by atoms with Crippen LogP contribution in [0.4, 0.5) is 0 Å². The summed E-state index contributed by atoms with van der Waals surface area (Å²) in [6.45, 7) is 0.521. The number of nitrogens with zero attached hydrogens (tertiary/aromatic N) is 1. The van der Waals surface area contributed by atoms with E-state index in [4.69, 9.17) is 0 Å². The highest BCUT2D eigenvalue weighted by Crippen LogP contribution is 2.48. The molecule has 1 aromatic heterocycles. The number of aromatic nitrogens is 1. The van der Waals surface area contributed by atoms with Gasteiger partial charge in [0.25, 0.3) is 0 Å². The fraction of sp³-hybridized carbons (Fsp3) is 0.438. The van der Waals surface area contributed by atoms with Crippen molar-refractivity contribution in [3.05, 3.63) is 42.2 Å². The van der Waals surface area contributed by atoms with Crippen LogP contribution in [0.2, 0.25) is 0 Å². The van der Waals surface area contributed by atoms with Crippen molar-refractivity contribution in [3.8, 4) is 0 Å². The SMILES string of the molecule is O=C(O)[C@@H]1[C@H](C(=O)NCCc2ccncc2)[C@H]2C=C[C@@H]1C2. The van der Waals surface area contributed by atoms with Gasteiger partial charge in [-0.05, 0) is 42.4 Å². The van der Waals surface area contributed by atoms with Crippen molar-refractivity contribution < 1.29 is 14.7 Å². The molecule has 0 aromatic carbocycles. The minimum Gasteiger partial charge on any atom is -0.481 e. The number of aliphatic carboxylic acids is 1. The van der Waals surface area contributed by atoms with Gasteiger partial charge in [0, 0.05) is 18.9 Å². The molecular weight excluding hydrogens is 268 g/mol. The molecule has 3 rings (SSSR count). The second-order valence-electron chi connectivity index (χ2n) is 5.73. The Kier molecular flexibility index (Phi) is 3.73. The van der Waals surface area contributed by atoms with Crippen molar-refractivity contribution in [1.29, 1.82) is 0 Å². The summed E-state index contributed by atoms with van der Waals surface area (Å²) in [6, 6.07) is 3.82. The second kappa shape index (κ2) is 5.68. The average Bonchev–Trinajstić information content (AvgIpc) is 3.08. The van der Waals surface area contributed by atoms with Gasteiger partial charge in [-0.15, -0.1) is 0 Å². The van der Waals surface area contributed by atoms with Crippen LogP contribution in [0, 0.1) is 23.7 Å². The Morgan fingerprint density at radius 3 is 2.52 bits per heavy atom. The maximum atomic E-state index is 12.3. The zero-order chi connectivity index (χ0) is 14.8. The van der Waals surface area contributed by atoms with E-state index in [0.717, 1.165) is 18.4 Å². The molecule has 1 heterocycles. The molecule has 1 fully saturated rings. The third kappa shape index (κ3) is 2.68. The average molecular weight is 286 g/mol. The number of hydrogen-bond acceptors (Lipinski definition) is 3. The molecule has 0 radical (unpaired) electrons.